The minimum absolute atomic E-state index is 0.0506. The first-order chi connectivity index (χ1) is 7.97. The first-order valence-electron chi connectivity index (χ1n) is 5.65. The van der Waals surface area contributed by atoms with Gasteiger partial charge in [0.15, 0.2) is 5.43 Å². The monoisotopic (exact) mass is 237 g/mol. The van der Waals surface area contributed by atoms with Crippen LogP contribution in [0.15, 0.2) is 10.9 Å². The summed E-state index contributed by atoms with van der Waals surface area (Å²) in [5.74, 6) is 0.626. The second-order valence-corrected chi connectivity index (χ2v) is 3.98. The highest BCUT2D eigenvalue weighted by Gasteiger charge is 2.11. The Bertz CT molecular complexity index is 477. The summed E-state index contributed by atoms with van der Waals surface area (Å²) < 4.78 is 1.92. The molecule has 2 N–H and O–H groups in total. The summed E-state index contributed by atoms with van der Waals surface area (Å²) in [5.41, 5.74) is 1.43. The molecule has 0 aliphatic rings. The third-order valence-corrected chi connectivity index (χ3v) is 2.65. The zero-order chi connectivity index (χ0) is 13.0. The lowest BCUT2D eigenvalue weighted by Crippen LogP contribution is -2.27. The van der Waals surface area contributed by atoms with E-state index >= 15 is 0 Å². The SMILES string of the molecule is CCNc1c(CNC(C)=O)c(=O)cc(C)n1C. The van der Waals surface area contributed by atoms with Crippen LogP contribution in [0, 0.1) is 6.92 Å². The van der Waals surface area contributed by atoms with Gasteiger partial charge < -0.3 is 15.2 Å². The molecule has 5 heteroatoms. The van der Waals surface area contributed by atoms with Gasteiger partial charge in [-0.05, 0) is 13.8 Å². The van der Waals surface area contributed by atoms with Crippen LogP contribution in [0.3, 0.4) is 0 Å². The molecule has 1 amide bonds. The highest BCUT2D eigenvalue weighted by molar-refractivity contribution is 5.73. The maximum Gasteiger partial charge on any atom is 0.217 e. The average molecular weight is 237 g/mol. The van der Waals surface area contributed by atoms with Gasteiger partial charge in [0.1, 0.15) is 5.82 Å². The Morgan fingerprint density at radius 3 is 2.65 bits per heavy atom. The van der Waals surface area contributed by atoms with Crippen LogP contribution in [0.25, 0.3) is 0 Å². The van der Waals surface area contributed by atoms with E-state index in [1.807, 2.05) is 25.5 Å². The van der Waals surface area contributed by atoms with Crippen molar-refractivity contribution < 1.29 is 4.79 Å². The molecule has 0 bridgehead atoms. The molecule has 0 aromatic carbocycles. The molecule has 94 valence electrons. The van der Waals surface area contributed by atoms with Crippen LogP contribution in [-0.4, -0.2) is 17.0 Å². The molecule has 1 aromatic rings. The first-order valence-corrected chi connectivity index (χ1v) is 5.65. The lowest BCUT2D eigenvalue weighted by Gasteiger charge is -2.17. The van der Waals surface area contributed by atoms with Crippen molar-refractivity contribution in [3.05, 3.63) is 27.5 Å². The number of carbonyl (C=O) groups is 1. The third-order valence-electron chi connectivity index (χ3n) is 2.65. The molecule has 17 heavy (non-hydrogen) atoms. The van der Waals surface area contributed by atoms with E-state index in [1.54, 1.807) is 6.07 Å². The summed E-state index contributed by atoms with van der Waals surface area (Å²) in [5, 5.41) is 5.82. The molecular weight excluding hydrogens is 218 g/mol. The molecule has 5 nitrogen and oxygen atoms in total. The van der Waals surface area contributed by atoms with Gasteiger partial charge in [-0.15, -0.1) is 0 Å². The fourth-order valence-corrected chi connectivity index (χ4v) is 1.65. The quantitative estimate of drug-likeness (QED) is 0.812. The number of nitrogens with zero attached hydrogens (tertiary/aromatic N) is 1. The second-order valence-electron chi connectivity index (χ2n) is 3.98. The molecule has 1 aromatic heterocycles. The lowest BCUT2D eigenvalue weighted by atomic mass is 10.2. The van der Waals surface area contributed by atoms with E-state index in [0.717, 1.165) is 18.1 Å². The number of carbonyl (C=O) groups excluding carboxylic acids is 1. The number of rotatable bonds is 4. The maximum absolute atomic E-state index is 11.9. The normalized spacial score (nSPS) is 10.1. The molecule has 0 saturated heterocycles. The summed E-state index contributed by atoms with van der Waals surface area (Å²) in [4.78, 5) is 22.8. The van der Waals surface area contributed by atoms with E-state index in [-0.39, 0.29) is 17.9 Å². The minimum Gasteiger partial charge on any atom is -0.371 e. The number of aryl methyl sites for hydroxylation is 1. The molecule has 0 fully saturated rings. The molecule has 1 heterocycles. The lowest BCUT2D eigenvalue weighted by molar-refractivity contribution is -0.119. The highest BCUT2D eigenvalue weighted by Crippen LogP contribution is 2.12. The Morgan fingerprint density at radius 2 is 2.12 bits per heavy atom. The van der Waals surface area contributed by atoms with Gasteiger partial charge >= 0.3 is 0 Å². The van der Waals surface area contributed by atoms with Crippen LogP contribution in [0.5, 0.6) is 0 Å². The number of pyridine rings is 1. The van der Waals surface area contributed by atoms with Crippen molar-refractivity contribution in [1.82, 2.24) is 9.88 Å². The van der Waals surface area contributed by atoms with Crippen molar-refractivity contribution in [1.29, 1.82) is 0 Å². The standard InChI is InChI=1S/C12H19N3O2/c1-5-13-12-10(7-14-9(3)16)11(17)6-8(2)15(12)4/h6,13H,5,7H2,1-4H3,(H,14,16). The van der Waals surface area contributed by atoms with E-state index in [2.05, 4.69) is 10.6 Å². The summed E-state index contributed by atoms with van der Waals surface area (Å²) in [7, 11) is 1.89. The minimum atomic E-state index is -0.143. The molecule has 1 rings (SSSR count). The van der Waals surface area contributed by atoms with Gasteiger partial charge in [0.05, 0.1) is 12.1 Å². The Balaban J connectivity index is 3.20. The van der Waals surface area contributed by atoms with Crippen LogP contribution >= 0.6 is 0 Å². The van der Waals surface area contributed by atoms with E-state index in [4.69, 9.17) is 0 Å². The topological polar surface area (TPSA) is 63.1 Å². The summed E-state index contributed by atoms with van der Waals surface area (Å²) in [6.07, 6.45) is 0. The maximum atomic E-state index is 11.9. The van der Waals surface area contributed by atoms with E-state index in [9.17, 15) is 9.59 Å². The van der Waals surface area contributed by atoms with Crippen molar-refractivity contribution in [3.63, 3.8) is 0 Å². The smallest absolute Gasteiger partial charge is 0.217 e. The van der Waals surface area contributed by atoms with Crippen molar-refractivity contribution >= 4 is 11.7 Å². The number of hydrogen-bond acceptors (Lipinski definition) is 3. The number of aromatic nitrogens is 1. The number of nitrogens with one attached hydrogen (secondary N) is 2. The molecular formula is C12H19N3O2. The Morgan fingerprint density at radius 1 is 1.47 bits per heavy atom. The fraction of sp³-hybridized carbons (Fsp3) is 0.500. The van der Waals surface area contributed by atoms with Crippen LogP contribution in [0.4, 0.5) is 5.82 Å². The van der Waals surface area contributed by atoms with E-state index in [1.165, 1.54) is 6.92 Å². The molecule has 0 unspecified atom stereocenters. The number of hydrogen-bond donors (Lipinski definition) is 2. The van der Waals surface area contributed by atoms with Crippen molar-refractivity contribution in [3.8, 4) is 0 Å². The molecule has 0 radical (unpaired) electrons. The van der Waals surface area contributed by atoms with Gasteiger partial charge in [0.25, 0.3) is 0 Å². The van der Waals surface area contributed by atoms with Gasteiger partial charge in [-0.25, -0.2) is 0 Å². The van der Waals surface area contributed by atoms with Gasteiger partial charge in [0, 0.05) is 32.3 Å². The second kappa shape index (κ2) is 5.52. The molecule has 0 atom stereocenters. The molecule has 0 saturated carbocycles. The van der Waals surface area contributed by atoms with Crippen LogP contribution in [0.2, 0.25) is 0 Å². The van der Waals surface area contributed by atoms with Crippen LogP contribution in [-0.2, 0) is 18.4 Å². The summed E-state index contributed by atoms with van der Waals surface area (Å²) in [6.45, 7) is 6.26. The Kier molecular flexibility index (Phi) is 4.31. The van der Waals surface area contributed by atoms with Gasteiger partial charge in [-0.3, -0.25) is 9.59 Å². The molecule has 0 aliphatic heterocycles. The number of amides is 1. The van der Waals surface area contributed by atoms with E-state index < -0.39 is 0 Å². The zero-order valence-electron chi connectivity index (χ0n) is 10.8. The van der Waals surface area contributed by atoms with Crippen LogP contribution in [0.1, 0.15) is 25.1 Å². The predicted molar refractivity (Wildman–Crippen MR) is 68.1 cm³/mol. The summed E-state index contributed by atoms with van der Waals surface area (Å²) >= 11 is 0. The Labute approximate surface area is 101 Å². The van der Waals surface area contributed by atoms with Gasteiger partial charge in [-0.2, -0.15) is 0 Å². The first kappa shape index (κ1) is 13.3. The fourth-order valence-electron chi connectivity index (χ4n) is 1.65. The van der Waals surface area contributed by atoms with Crippen LogP contribution < -0.4 is 16.1 Å². The average Bonchev–Trinajstić information content (AvgIpc) is 2.24. The molecule has 0 spiro atoms. The number of anilines is 1. The predicted octanol–water partition coefficient (Wildman–Crippen LogP) is 0.762. The van der Waals surface area contributed by atoms with E-state index in [0.29, 0.717) is 5.56 Å². The van der Waals surface area contributed by atoms with Gasteiger partial charge in [-0.1, -0.05) is 0 Å². The third kappa shape index (κ3) is 3.09. The highest BCUT2D eigenvalue weighted by atomic mass is 16.1. The zero-order valence-corrected chi connectivity index (χ0v) is 10.8. The largest absolute Gasteiger partial charge is 0.371 e. The van der Waals surface area contributed by atoms with Crippen molar-refractivity contribution in [2.45, 2.75) is 27.3 Å². The van der Waals surface area contributed by atoms with Crippen molar-refractivity contribution in [2.24, 2.45) is 7.05 Å². The molecule has 0 aliphatic carbocycles. The summed E-state index contributed by atoms with van der Waals surface area (Å²) in [6, 6.07) is 1.58. The van der Waals surface area contributed by atoms with Gasteiger partial charge in [0.2, 0.25) is 5.91 Å². The van der Waals surface area contributed by atoms with Crippen molar-refractivity contribution in [2.75, 3.05) is 11.9 Å². The Hall–Kier alpha value is -1.78.